The lowest BCUT2D eigenvalue weighted by Gasteiger charge is -2.12. The maximum absolute atomic E-state index is 9.85. The number of aryl methyl sites for hydroxylation is 3. The van der Waals surface area contributed by atoms with Crippen LogP contribution in [0.4, 0.5) is 5.82 Å². The van der Waals surface area contributed by atoms with Gasteiger partial charge in [-0.3, -0.25) is 0 Å². The molecule has 0 radical (unpaired) electrons. The molecule has 1 aromatic carbocycles. The summed E-state index contributed by atoms with van der Waals surface area (Å²) in [5.74, 6) is 7.09. The third-order valence-corrected chi connectivity index (χ3v) is 3.47. The van der Waals surface area contributed by atoms with Crippen LogP contribution >= 0.6 is 0 Å². The molecule has 0 spiro atoms. The number of nitrogens with two attached hydrogens (primary N) is 1. The van der Waals surface area contributed by atoms with Crippen LogP contribution in [0.3, 0.4) is 0 Å². The maximum atomic E-state index is 9.85. The molecule has 0 saturated heterocycles. The molecule has 0 unspecified atom stereocenters. The fourth-order valence-electron chi connectivity index (χ4n) is 2.26. The third-order valence-electron chi connectivity index (χ3n) is 3.47. The molecule has 106 valence electrons. The van der Waals surface area contributed by atoms with Gasteiger partial charge < -0.3 is 10.5 Å². The molecule has 5 nitrogen and oxygen atoms in total. The summed E-state index contributed by atoms with van der Waals surface area (Å²) in [5.41, 5.74) is 7.05. The van der Waals surface area contributed by atoms with Gasteiger partial charge in [-0.15, -0.1) is 0 Å². The van der Waals surface area contributed by atoms with E-state index in [1.54, 1.807) is 0 Å². The standard InChI is InChI=1S/C15H20N4O/c1-5-12-10(4)14(19-16)18-15(17-12)11-6-8(2)13(20)9(3)7-11/h6-7,20H,5,16H2,1-4H3,(H,17,18,19). The Hall–Kier alpha value is -2.14. The normalized spacial score (nSPS) is 10.7. The number of nitrogens with one attached hydrogen (secondary N) is 1. The average molecular weight is 272 g/mol. The molecule has 1 aromatic heterocycles. The Balaban J connectivity index is 2.63. The summed E-state index contributed by atoms with van der Waals surface area (Å²) in [5, 5.41) is 9.85. The van der Waals surface area contributed by atoms with Crippen molar-refractivity contribution in [2.75, 3.05) is 5.43 Å². The lowest BCUT2D eigenvalue weighted by Crippen LogP contribution is -2.13. The lowest BCUT2D eigenvalue weighted by molar-refractivity contribution is 0.467. The molecule has 4 N–H and O–H groups in total. The molecule has 2 rings (SSSR count). The molecule has 0 fully saturated rings. The second-order valence-electron chi connectivity index (χ2n) is 4.92. The summed E-state index contributed by atoms with van der Waals surface area (Å²) in [6.45, 7) is 7.73. The first-order chi connectivity index (χ1) is 9.47. The van der Waals surface area contributed by atoms with Crippen molar-refractivity contribution < 1.29 is 5.11 Å². The van der Waals surface area contributed by atoms with Crippen LogP contribution in [0.1, 0.15) is 29.3 Å². The van der Waals surface area contributed by atoms with Crippen LogP contribution in [0.15, 0.2) is 12.1 Å². The molecular weight excluding hydrogens is 252 g/mol. The van der Waals surface area contributed by atoms with Gasteiger partial charge in [0.15, 0.2) is 5.82 Å². The van der Waals surface area contributed by atoms with Gasteiger partial charge in [-0.25, -0.2) is 15.8 Å². The van der Waals surface area contributed by atoms with Crippen LogP contribution in [-0.2, 0) is 6.42 Å². The molecule has 0 saturated carbocycles. The van der Waals surface area contributed by atoms with E-state index < -0.39 is 0 Å². The molecule has 0 atom stereocenters. The van der Waals surface area contributed by atoms with E-state index in [4.69, 9.17) is 5.84 Å². The van der Waals surface area contributed by atoms with Crippen molar-refractivity contribution in [2.45, 2.75) is 34.1 Å². The van der Waals surface area contributed by atoms with E-state index in [0.717, 1.165) is 34.4 Å². The maximum Gasteiger partial charge on any atom is 0.161 e. The second-order valence-corrected chi connectivity index (χ2v) is 4.92. The Morgan fingerprint density at radius 1 is 1.15 bits per heavy atom. The predicted octanol–water partition coefficient (Wildman–Crippen LogP) is 2.62. The summed E-state index contributed by atoms with van der Waals surface area (Å²) in [4.78, 5) is 9.05. The number of rotatable bonds is 3. The van der Waals surface area contributed by atoms with Gasteiger partial charge in [-0.1, -0.05) is 6.92 Å². The SMILES string of the molecule is CCc1nc(-c2cc(C)c(O)c(C)c2)nc(NN)c1C. The van der Waals surface area contributed by atoms with E-state index in [9.17, 15) is 5.11 Å². The number of aromatic nitrogens is 2. The minimum Gasteiger partial charge on any atom is -0.507 e. The van der Waals surface area contributed by atoms with Crippen molar-refractivity contribution in [1.82, 2.24) is 9.97 Å². The van der Waals surface area contributed by atoms with E-state index in [1.165, 1.54) is 0 Å². The Kier molecular flexibility index (Phi) is 3.90. The van der Waals surface area contributed by atoms with Gasteiger partial charge in [-0.05, 0) is 50.5 Å². The Bertz CT molecular complexity index is 604. The van der Waals surface area contributed by atoms with Gasteiger partial charge in [0, 0.05) is 16.8 Å². The van der Waals surface area contributed by atoms with E-state index in [0.29, 0.717) is 17.4 Å². The zero-order valence-corrected chi connectivity index (χ0v) is 12.3. The van der Waals surface area contributed by atoms with Crippen molar-refractivity contribution in [3.63, 3.8) is 0 Å². The van der Waals surface area contributed by atoms with Gasteiger partial charge >= 0.3 is 0 Å². The largest absolute Gasteiger partial charge is 0.507 e. The van der Waals surface area contributed by atoms with Crippen LogP contribution in [0.5, 0.6) is 5.75 Å². The van der Waals surface area contributed by atoms with E-state index in [2.05, 4.69) is 15.4 Å². The highest BCUT2D eigenvalue weighted by Gasteiger charge is 2.12. The molecule has 0 aliphatic heterocycles. The van der Waals surface area contributed by atoms with Gasteiger partial charge in [0.25, 0.3) is 0 Å². The highest BCUT2D eigenvalue weighted by atomic mass is 16.3. The van der Waals surface area contributed by atoms with E-state index in [1.807, 2.05) is 39.8 Å². The number of anilines is 1. The first-order valence-electron chi connectivity index (χ1n) is 6.62. The van der Waals surface area contributed by atoms with Gasteiger partial charge in [0.05, 0.1) is 0 Å². The second kappa shape index (κ2) is 5.46. The van der Waals surface area contributed by atoms with Crippen molar-refractivity contribution in [3.8, 4) is 17.1 Å². The lowest BCUT2D eigenvalue weighted by atomic mass is 10.0. The van der Waals surface area contributed by atoms with Crippen LogP contribution in [-0.4, -0.2) is 15.1 Å². The quantitative estimate of drug-likeness (QED) is 0.591. The van der Waals surface area contributed by atoms with Gasteiger partial charge in [-0.2, -0.15) is 0 Å². The number of phenols is 1. The minimum atomic E-state index is 0.314. The monoisotopic (exact) mass is 272 g/mol. The Morgan fingerprint density at radius 2 is 1.75 bits per heavy atom. The number of hydrazine groups is 1. The topological polar surface area (TPSA) is 84.1 Å². The summed E-state index contributed by atoms with van der Waals surface area (Å²) in [6, 6.07) is 3.76. The highest BCUT2D eigenvalue weighted by Crippen LogP contribution is 2.29. The summed E-state index contributed by atoms with van der Waals surface area (Å²) < 4.78 is 0. The zero-order chi connectivity index (χ0) is 14.9. The summed E-state index contributed by atoms with van der Waals surface area (Å²) in [6.07, 6.45) is 0.812. The molecule has 0 aliphatic rings. The molecule has 0 bridgehead atoms. The fraction of sp³-hybridized carbons (Fsp3) is 0.333. The average Bonchev–Trinajstić information content (AvgIpc) is 2.44. The van der Waals surface area contributed by atoms with Crippen LogP contribution in [0.2, 0.25) is 0 Å². The predicted molar refractivity (Wildman–Crippen MR) is 80.5 cm³/mol. The molecule has 5 heteroatoms. The molecule has 0 amide bonds. The Labute approximate surface area is 118 Å². The van der Waals surface area contributed by atoms with Crippen molar-refractivity contribution in [1.29, 1.82) is 0 Å². The van der Waals surface area contributed by atoms with Gasteiger partial charge in [0.2, 0.25) is 0 Å². The first-order valence-corrected chi connectivity index (χ1v) is 6.62. The van der Waals surface area contributed by atoms with E-state index in [-0.39, 0.29) is 0 Å². The van der Waals surface area contributed by atoms with Crippen molar-refractivity contribution in [2.24, 2.45) is 5.84 Å². The molecule has 2 aromatic rings. The van der Waals surface area contributed by atoms with Crippen LogP contribution < -0.4 is 11.3 Å². The molecular formula is C15H20N4O. The summed E-state index contributed by atoms with van der Waals surface area (Å²) >= 11 is 0. The van der Waals surface area contributed by atoms with Crippen molar-refractivity contribution in [3.05, 3.63) is 34.5 Å². The first kappa shape index (κ1) is 14.3. The van der Waals surface area contributed by atoms with Gasteiger partial charge in [0.1, 0.15) is 11.6 Å². The molecule has 0 aliphatic carbocycles. The number of benzene rings is 1. The number of aromatic hydroxyl groups is 1. The van der Waals surface area contributed by atoms with Crippen LogP contribution in [0.25, 0.3) is 11.4 Å². The number of phenolic OH excluding ortho intramolecular Hbond substituents is 1. The smallest absolute Gasteiger partial charge is 0.161 e. The minimum absolute atomic E-state index is 0.314. The number of hydrogen-bond donors (Lipinski definition) is 3. The molecule has 20 heavy (non-hydrogen) atoms. The number of nitrogen functional groups attached to an aromatic ring is 1. The summed E-state index contributed by atoms with van der Waals surface area (Å²) in [7, 11) is 0. The number of hydrogen-bond acceptors (Lipinski definition) is 5. The van der Waals surface area contributed by atoms with Crippen LogP contribution in [0, 0.1) is 20.8 Å². The Morgan fingerprint density at radius 3 is 2.25 bits per heavy atom. The number of nitrogens with zero attached hydrogens (tertiary/aromatic N) is 2. The highest BCUT2D eigenvalue weighted by molar-refractivity contribution is 5.63. The van der Waals surface area contributed by atoms with E-state index >= 15 is 0 Å². The third kappa shape index (κ3) is 2.44. The van der Waals surface area contributed by atoms with Crippen molar-refractivity contribution >= 4 is 5.82 Å². The fourth-order valence-corrected chi connectivity index (χ4v) is 2.26. The molecule has 1 heterocycles. The zero-order valence-electron chi connectivity index (χ0n) is 12.3.